The van der Waals surface area contributed by atoms with E-state index in [1.807, 2.05) is 0 Å². The van der Waals surface area contributed by atoms with Crippen LogP contribution < -0.4 is 5.32 Å². The smallest absolute Gasteiger partial charge is 0.273 e. The maximum atomic E-state index is 11.8. The van der Waals surface area contributed by atoms with E-state index in [4.69, 9.17) is 9.63 Å². The monoisotopic (exact) mass is 296 g/mol. The van der Waals surface area contributed by atoms with Crippen molar-refractivity contribution < 1.29 is 14.4 Å². The van der Waals surface area contributed by atoms with Gasteiger partial charge in [0.05, 0.1) is 12.6 Å². The van der Waals surface area contributed by atoms with Crippen molar-refractivity contribution in [1.82, 2.24) is 20.3 Å². The van der Waals surface area contributed by atoms with Crippen molar-refractivity contribution in [2.75, 3.05) is 39.3 Å². The first kappa shape index (κ1) is 15.9. The SMILES string of the molecule is CCN1CCN(Cc2cc(C(=O)NC[C@@H](C)O)no2)CC1. The van der Waals surface area contributed by atoms with E-state index in [2.05, 4.69) is 27.2 Å². The lowest BCUT2D eigenvalue weighted by Crippen LogP contribution is -2.45. The molecule has 118 valence electrons. The van der Waals surface area contributed by atoms with Crippen LogP contribution in [0.25, 0.3) is 0 Å². The molecule has 1 fully saturated rings. The number of hydrogen-bond donors (Lipinski definition) is 2. The summed E-state index contributed by atoms with van der Waals surface area (Å²) in [7, 11) is 0. The molecule has 21 heavy (non-hydrogen) atoms. The molecule has 0 radical (unpaired) electrons. The first-order chi connectivity index (χ1) is 10.1. The van der Waals surface area contributed by atoms with Gasteiger partial charge in [-0.2, -0.15) is 0 Å². The molecular formula is C14H24N4O3. The number of aromatic nitrogens is 1. The maximum Gasteiger partial charge on any atom is 0.273 e. The summed E-state index contributed by atoms with van der Waals surface area (Å²) in [5.41, 5.74) is 0.262. The third-order valence-corrected chi connectivity index (χ3v) is 3.64. The van der Waals surface area contributed by atoms with Crippen LogP contribution in [-0.4, -0.2) is 71.3 Å². The summed E-state index contributed by atoms with van der Waals surface area (Å²) < 4.78 is 5.22. The summed E-state index contributed by atoms with van der Waals surface area (Å²) in [6.07, 6.45) is -0.574. The highest BCUT2D eigenvalue weighted by molar-refractivity contribution is 5.92. The molecule has 1 atom stereocenters. The van der Waals surface area contributed by atoms with E-state index in [9.17, 15) is 4.79 Å². The van der Waals surface area contributed by atoms with Crippen LogP contribution in [0.3, 0.4) is 0 Å². The van der Waals surface area contributed by atoms with Crippen LogP contribution in [0.1, 0.15) is 30.1 Å². The Kier molecular flexibility index (Phi) is 5.72. The molecule has 7 heteroatoms. The zero-order valence-electron chi connectivity index (χ0n) is 12.7. The van der Waals surface area contributed by atoms with Gasteiger partial charge in [-0.15, -0.1) is 0 Å². The Balaban J connectivity index is 1.81. The zero-order chi connectivity index (χ0) is 15.2. The second kappa shape index (κ2) is 7.53. The number of carbonyl (C=O) groups excluding carboxylic acids is 1. The highest BCUT2D eigenvalue weighted by Gasteiger charge is 2.18. The third kappa shape index (κ3) is 4.80. The number of hydrogen-bond acceptors (Lipinski definition) is 6. The van der Waals surface area contributed by atoms with Crippen LogP contribution >= 0.6 is 0 Å². The molecule has 0 bridgehead atoms. The molecule has 2 heterocycles. The molecule has 1 aromatic heterocycles. The van der Waals surface area contributed by atoms with Crippen molar-refractivity contribution in [3.8, 4) is 0 Å². The summed E-state index contributed by atoms with van der Waals surface area (Å²) in [6, 6.07) is 1.67. The number of nitrogens with zero attached hydrogens (tertiary/aromatic N) is 3. The fraction of sp³-hybridized carbons (Fsp3) is 0.714. The van der Waals surface area contributed by atoms with Crippen LogP contribution in [0.2, 0.25) is 0 Å². The number of carbonyl (C=O) groups is 1. The minimum absolute atomic E-state index is 0.208. The molecule has 2 N–H and O–H groups in total. The second-order valence-corrected chi connectivity index (χ2v) is 5.45. The van der Waals surface area contributed by atoms with Crippen molar-refractivity contribution in [2.24, 2.45) is 0 Å². The maximum absolute atomic E-state index is 11.8. The minimum atomic E-state index is -0.574. The highest BCUT2D eigenvalue weighted by Crippen LogP contribution is 2.10. The van der Waals surface area contributed by atoms with E-state index in [-0.39, 0.29) is 18.1 Å². The lowest BCUT2D eigenvalue weighted by atomic mass is 10.2. The van der Waals surface area contributed by atoms with Gasteiger partial charge >= 0.3 is 0 Å². The highest BCUT2D eigenvalue weighted by atomic mass is 16.5. The normalized spacial score (nSPS) is 18.6. The van der Waals surface area contributed by atoms with E-state index in [1.165, 1.54) is 0 Å². The van der Waals surface area contributed by atoms with E-state index in [1.54, 1.807) is 13.0 Å². The fourth-order valence-corrected chi connectivity index (χ4v) is 2.31. The van der Waals surface area contributed by atoms with E-state index in [0.717, 1.165) is 32.7 Å². The zero-order valence-corrected chi connectivity index (χ0v) is 12.7. The Morgan fingerprint density at radius 1 is 1.43 bits per heavy atom. The van der Waals surface area contributed by atoms with Crippen LogP contribution in [0.5, 0.6) is 0 Å². The fourth-order valence-electron chi connectivity index (χ4n) is 2.31. The largest absolute Gasteiger partial charge is 0.392 e. The standard InChI is InChI=1S/C14H24N4O3/c1-3-17-4-6-18(7-5-17)10-12-8-13(16-21-12)14(20)15-9-11(2)19/h8,11,19H,3-7,9-10H2,1-2H3,(H,15,20)/t11-/m1/s1. The van der Waals surface area contributed by atoms with Crippen molar-refractivity contribution in [3.05, 3.63) is 17.5 Å². The van der Waals surface area contributed by atoms with Gasteiger partial charge in [0.25, 0.3) is 5.91 Å². The molecule has 0 aliphatic carbocycles. The predicted octanol–water partition coefficient (Wildman–Crippen LogP) is -0.0773. The first-order valence-corrected chi connectivity index (χ1v) is 7.45. The predicted molar refractivity (Wildman–Crippen MR) is 77.9 cm³/mol. The molecule has 0 aromatic carbocycles. The molecule has 0 spiro atoms. The van der Waals surface area contributed by atoms with Crippen molar-refractivity contribution in [2.45, 2.75) is 26.5 Å². The quantitative estimate of drug-likeness (QED) is 0.764. The van der Waals surface area contributed by atoms with Crippen molar-refractivity contribution in [3.63, 3.8) is 0 Å². The Morgan fingerprint density at radius 3 is 2.71 bits per heavy atom. The summed E-state index contributed by atoms with van der Waals surface area (Å²) in [4.78, 5) is 16.5. The number of likely N-dealkylation sites (N-methyl/N-ethyl adjacent to an activating group) is 1. The molecular weight excluding hydrogens is 272 g/mol. The van der Waals surface area contributed by atoms with Crippen LogP contribution in [0, 0.1) is 0 Å². The second-order valence-electron chi connectivity index (χ2n) is 5.45. The average molecular weight is 296 g/mol. The number of rotatable bonds is 6. The molecule has 1 aliphatic heterocycles. The van der Waals surface area contributed by atoms with Crippen LogP contribution in [0.4, 0.5) is 0 Å². The number of aliphatic hydroxyl groups excluding tert-OH is 1. The lowest BCUT2D eigenvalue weighted by molar-refractivity contribution is 0.0914. The number of nitrogens with one attached hydrogen (secondary N) is 1. The molecule has 0 unspecified atom stereocenters. The van der Waals surface area contributed by atoms with Gasteiger partial charge in [0.2, 0.25) is 0 Å². The minimum Gasteiger partial charge on any atom is -0.392 e. The van der Waals surface area contributed by atoms with Gasteiger partial charge in [-0.1, -0.05) is 12.1 Å². The van der Waals surface area contributed by atoms with Crippen LogP contribution in [0.15, 0.2) is 10.6 Å². The summed E-state index contributed by atoms with van der Waals surface area (Å²) >= 11 is 0. The summed E-state index contributed by atoms with van der Waals surface area (Å²) in [5.74, 6) is 0.379. The van der Waals surface area contributed by atoms with Gasteiger partial charge in [-0.05, 0) is 13.5 Å². The molecule has 1 amide bonds. The molecule has 2 rings (SSSR count). The first-order valence-electron chi connectivity index (χ1n) is 7.45. The Morgan fingerprint density at radius 2 is 2.10 bits per heavy atom. The summed E-state index contributed by atoms with van der Waals surface area (Å²) in [6.45, 7) is 9.88. The molecule has 0 saturated carbocycles. The number of amides is 1. The van der Waals surface area contributed by atoms with Gasteiger partial charge in [0.15, 0.2) is 11.5 Å². The van der Waals surface area contributed by atoms with E-state index < -0.39 is 6.10 Å². The van der Waals surface area contributed by atoms with Crippen molar-refractivity contribution >= 4 is 5.91 Å². The van der Waals surface area contributed by atoms with Gasteiger partial charge < -0.3 is 19.8 Å². The van der Waals surface area contributed by atoms with Gasteiger partial charge in [-0.3, -0.25) is 9.69 Å². The lowest BCUT2D eigenvalue weighted by Gasteiger charge is -2.33. The van der Waals surface area contributed by atoms with Crippen molar-refractivity contribution in [1.29, 1.82) is 0 Å². The molecule has 1 aromatic rings. The molecule has 1 aliphatic rings. The molecule has 7 nitrogen and oxygen atoms in total. The molecule has 1 saturated heterocycles. The Hall–Kier alpha value is -1.44. The Bertz CT molecular complexity index is 453. The number of piperazine rings is 1. The Labute approximate surface area is 124 Å². The van der Waals surface area contributed by atoms with Gasteiger partial charge in [0, 0.05) is 38.8 Å². The van der Waals surface area contributed by atoms with Gasteiger partial charge in [-0.25, -0.2) is 0 Å². The number of aliphatic hydroxyl groups is 1. The average Bonchev–Trinajstić information content (AvgIpc) is 2.94. The third-order valence-electron chi connectivity index (χ3n) is 3.64. The van der Waals surface area contributed by atoms with Crippen LogP contribution in [-0.2, 0) is 6.54 Å². The van der Waals surface area contributed by atoms with E-state index in [0.29, 0.717) is 12.3 Å². The summed E-state index contributed by atoms with van der Waals surface area (Å²) in [5, 5.41) is 15.5. The topological polar surface area (TPSA) is 81.8 Å². The van der Waals surface area contributed by atoms with Gasteiger partial charge in [0.1, 0.15) is 0 Å². The van der Waals surface area contributed by atoms with E-state index >= 15 is 0 Å².